The number of methoxy groups -OCH3 is 1. The number of hydrogen-bond acceptors (Lipinski definition) is 3. The number of nitrogens with zero attached hydrogens (tertiary/aromatic N) is 1. The molecule has 1 fully saturated rings. The third-order valence-electron chi connectivity index (χ3n) is 6.45. The molecule has 2 aromatic carbocycles. The number of ether oxygens (including phenoxy) is 2. The van der Waals surface area contributed by atoms with Crippen LogP contribution in [0.25, 0.3) is 0 Å². The zero-order valence-corrected chi connectivity index (χ0v) is 19.5. The summed E-state index contributed by atoms with van der Waals surface area (Å²) in [7, 11) is 1.67. The predicted octanol–water partition coefficient (Wildman–Crippen LogP) is 5.64. The second-order valence-electron chi connectivity index (χ2n) is 9.46. The standard InChI is InChI=1S/C27H37NO3/c1-5-25(29)28(20-23-11-13-24(30-4)14-12-23)17-15-27(16-18-31-26(2,3)21-27)19-22-9-7-6-8-10-22/h6-14H,5,15-21H2,1-4H3/t27-/m1/s1. The molecule has 31 heavy (non-hydrogen) atoms. The molecule has 3 rings (SSSR count). The van der Waals surface area contributed by atoms with Gasteiger partial charge in [0.25, 0.3) is 0 Å². The molecule has 0 bridgehead atoms. The van der Waals surface area contributed by atoms with E-state index in [4.69, 9.17) is 9.47 Å². The van der Waals surface area contributed by atoms with Crippen molar-refractivity contribution in [3.8, 4) is 5.75 Å². The first-order valence-corrected chi connectivity index (χ1v) is 11.4. The van der Waals surface area contributed by atoms with Crippen molar-refractivity contribution < 1.29 is 14.3 Å². The van der Waals surface area contributed by atoms with Crippen LogP contribution in [0.5, 0.6) is 5.75 Å². The highest BCUT2D eigenvalue weighted by molar-refractivity contribution is 5.75. The fourth-order valence-electron chi connectivity index (χ4n) is 4.91. The molecule has 0 aromatic heterocycles. The number of hydrogen-bond donors (Lipinski definition) is 0. The molecule has 0 spiro atoms. The first-order chi connectivity index (χ1) is 14.8. The van der Waals surface area contributed by atoms with Gasteiger partial charge in [-0.05, 0) is 68.2 Å². The molecule has 1 heterocycles. The molecule has 1 aliphatic heterocycles. The van der Waals surface area contributed by atoms with Gasteiger partial charge in [0.15, 0.2) is 0 Å². The lowest BCUT2D eigenvalue weighted by molar-refractivity contribution is -0.133. The van der Waals surface area contributed by atoms with Crippen LogP contribution in [0.1, 0.15) is 57.6 Å². The minimum atomic E-state index is -0.136. The first kappa shape index (κ1) is 23.3. The highest BCUT2D eigenvalue weighted by Crippen LogP contribution is 2.44. The Bertz CT molecular complexity index is 831. The maximum absolute atomic E-state index is 12.8. The van der Waals surface area contributed by atoms with Gasteiger partial charge in [0, 0.05) is 26.1 Å². The Morgan fingerprint density at radius 2 is 1.77 bits per heavy atom. The Kier molecular flexibility index (Phi) is 7.77. The van der Waals surface area contributed by atoms with E-state index in [1.54, 1.807) is 7.11 Å². The lowest BCUT2D eigenvalue weighted by Gasteiger charge is -2.46. The van der Waals surface area contributed by atoms with E-state index < -0.39 is 0 Å². The summed E-state index contributed by atoms with van der Waals surface area (Å²) in [5, 5.41) is 0. The molecule has 1 saturated heterocycles. The van der Waals surface area contributed by atoms with Crippen molar-refractivity contribution in [1.29, 1.82) is 0 Å². The van der Waals surface area contributed by atoms with Crippen LogP contribution in [0.3, 0.4) is 0 Å². The quantitative estimate of drug-likeness (QED) is 0.524. The number of carbonyl (C=O) groups excluding carboxylic acids is 1. The Morgan fingerprint density at radius 1 is 1.06 bits per heavy atom. The zero-order valence-electron chi connectivity index (χ0n) is 19.5. The van der Waals surface area contributed by atoms with Crippen LogP contribution >= 0.6 is 0 Å². The minimum absolute atomic E-state index is 0.134. The van der Waals surface area contributed by atoms with E-state index in [0.717, 1.165) is 50.1 Å². The average Bonchev–Trinajstić information content (AvgIpc) is 2.76. The lowest BCUT2D eigenvalue weighted by Crippen LogP contribution is -2.44. The van der Waals surface area contributed by atoms with E-state index in [1.165, 1.54) is 5.56 Å². The summed E-state index contributed by atoms with van der Waals surface area (Å²) in [4.78, 5) is 14.8. The normalized spacial score (nSPS) is 20.3. The number of amides is 1. The van der Waals surface area contributed by atoms with Crippen LogP contribution in [0.4, 0.5) is 0 Å². The van der Waals surface area contributed by atoms with Crippen molar-refractivity contribution in [3.63, 3.8) is 0 Å². The van der Waals surface area contributed by atoms with Gasteiger partial charge in [-0.15, -0.1) is 0 Å². The number of benzene rings is 2. The van der Waals surface area contributed by atoms with Crippen molar-refractivity contribution in [2.24, 2.45) is 5.41 Å². The van der Waals surface area contributed by atoms with Crippen LogP contribution < -0.4 is 4.74 Å². The smallest absolute Gasteiger partial charge is 0.222 e. The summed E-state index contributed by atoms with van der Waals surface area (Å²) < 4.78 is 11.3. The van der Waals surface area contributed by atoms with Crippen molar-refractivity contribution in [3.05, 3.63) is 65.7 Å². The van der Waals surface area contributed by atoms with E-state index in [2.05, 4.69) is 44.2 Å². The van der Waals surface area contributed by atoms with Crippen molar-refractivity contribution in [2.45, 2.75) is 65.0 Å². The molecule has 2 aromatic rings. The van der Waals surface area contributed by atoms with Crippen molar-refractivity contribution in [1.82, 2.24) is 4.90 Å². The van der Waals surface area contributed by atoms with Gasteiger partial charge in [0.1, 0.15) is 5.75 Å². The lowest BCUT2D eigenvalue weighted by atomic mass is 9.68. The van der Waals surface area contributed by atoms with Gasteiger partial charge >= 0.3 is 0 Å². The van der Waals surface area contributed by atoms with Crippen LogP contribution in [0.2, 0.25) is 0 Å². The molecule has 4 nitrogen and oxygen atoms in total. The minimum Gasteiger partial charge on any atom is -0.497 e. The molecule has 0 radical (unpaired) electrons. The third kappa shape index (κ3) is 6.57. The summed E-state index contributed by atoms with van der Waals surface area (Å²) >= 11 is 0. The summed E-state index contributed by atoms with van der Waals surface area (Å²) in [5.41, 5.74) is 2.49. The van der Waals surface area contributed by atoms with E-state index in [9.17, 15) is 4.79 Å². The Hall–Kier alpha value is -2.33. The Balaban J connectivity index is 1.76. The molecule has 4 heteroatoms. The van der Waals surface area contributed by atoms with E-state index >= 15 is 0 Å². The van der Waals surface area contributed by atoms with E-state index in [0.29, 0.717) is 13.0 Å². The third-order valence-corrected chi connectivity index (χ3v) is 6.45. The largest absolute Gasteiger partial charge is 0.497 e. The molecule has 1 atom stereocenters. The molecule has 168 valence electrons. The maximum Gasteiger partial charge on any atom is 0.222 e. The molecule has 0 saturated carbocycles. The van der Waals surface area contributed by atoms with Crippen LogP contribution in [-0.2, 0) is 22.5 Å². The predicted molar refractivity (Wildman–Crippen MR) is 125 cm³/mol. The summed E-state index contributed by atoms with van der Waals surface area (Å²) in [6.07, 6.45) is 4.57. The van der Waals surface area contributed by atoms with Crippen LogP contribution in [0, 0.1) is 5.41 Å². The van der Waals surface area contributed by atoms with Gasteiger partial charge < -0.3 is 14.4 Å². The molecule has 1 aliphatic rings. The van der Waals surface area contributed by atoms with Gasteiger partial charge in [-0.3, -0.25) is 4.79 Å². The van der Waals surface area contributed by atoms with Gasteiger partial charge in [-0.2, -0.15) is 0 Å². The van der Waals surface area contributed by atoms with Crippen LogP contribution in [0.15, 0.2) is 54.6 Å². The molecule has 0 N–H and O–H groups in total. The molecular formula is C27H37NO3. The Labute approximate surface area is 187 Å². The zero-order chi connectivity index (χ0) is 22.3. The molecule has 0 aliphatic carbocycles. The van der Waals surface area contributed by atoms with Crippen molar-refractivity contribution >= 4 is 5.91 Å². The highest BCUT2D eigenvalue weighted by Gasteiger charge is 2.41. The Morgan fingerprint density at radius 3 is 2.39 bits per heavy atom. The second kappa shape index (κ2) is 10.3. The summed E-state index contributed by atoms with van der Waals surface area (Å²) in [6.45, 7) is 8.51. The van der Waals surface area contributed by atoms with Gasteiger partial charge in [0.05, 0.1) is 12.7 Å². The summed E-state index contributed by atoms with van der Waals surface area (Å²) in [5.74, 6) is 1.04. The molecule has 1 amide bonds. The van der Waals surface area contributed by atoms with Crippen molar-refractivity contribution in [2.75, 3.05) is 20.3 Å². The highest BCUT2D eigenvalue weighted by atomic mass is 16.5. The van der Waals surface area contributed by atoms with Gasteiger partial charge in [-0.1, -0.05) is 49.4 Å². The molecular weight excluding hydrogens is 386 g/mol. The van der Waals surface area contributed by atoms with Gasteiger partial charge in [-0.25, -0.2) is 0 Å². The fraction of sp³-hybridized carbons (Fsp3) is 0.519. The maximum atomic E-state index is 12.8. The topological polar surface area (TPSA) is 38.8 Å². The first-order valence-electron chi connectivity index (χ1n) is 11.4. The summed E-state index contributed by atoms with van der Waals surface area (Å²) in [6, 6.07) is 18.8. The monoisotopic (exact) mass is 423 g/mol. The SMILES string of the molecule is CCC(=O)N(CC[C@]1(Cc2ccccc2)CCOC(C)(C)C1)Cc1ccc(OC)cc1. The van der Waals surface area contributed by atoms with Gasteiger partial charge in [0.2, 0.25) is 5.91 Å². The molecule has 0 unspecified atom stereocenters. The van der Waals surface area contributed by atoms with E-state index in [1.807, 2.05) is 36.1 Å². The fourth-order valence-corrected chi connectivity index (χ4v) is 4.91. The number of carbonyl (C=O) groups is 1. The second-order valence-corrected chi connectivity index (χ2v) is 9.46. The van der Waals surface area contributed by atoms with E-state index in [-0.39, 0.29) is 16.9 Å². The average molecular weight is 424 g/mol. The van der Waals surface area contributed by atoms with Crippen LogP contribution in [-0.4, -0.2) is 36.7 Å². The number of rotatable bonds is 9.